The van der Waals surface area contributed by atoms with E-state index in [9.17, 15) is 9.59 Å². The SMILES string of the molecule is C=CC(=O)OCCOC(=O)C1CC=C(CCC=C(C)C)CC1. The van der Waals surface area contributed by atoms with Crippen molar-refractivity contribution in [3.8, 4) is 0 Å². The fourth-order valence-corrected chi connectivity index (χ4v) is 2.34. The third-order valence-corrected chi connectivity index (χ3v) is 3.59. The number of allylic oxidation sites excluding steroid dienone is 4. The van der Waals surface area contributed by atoms with Crippen LogP contribution in [0.15, 0.2) is 36.0 Å². The van der Waals surface area contributed by atoms with E-state index in [4.69, 9.17) is 9.47 Å². The maximum Gasteiger partial charge on any atom is 0.330 e. The second-order valence-corrected chi connectivity index (χ2v) is 5.69. The highest BCUT2D eigenvalue weighted by molar-refractivity contribution is 5.81. The van der Waals surface area contributed by atoms with E-state index in [2.05, 4.69) is 32.6 Å². The Balaban J connectivity index is 2.23. The van der Waals surface area contributed by atoms with Gasteiger partial charge in [-0.25, -0.2) is 4.79 Å². The average molecular weight is 306 g/mol. The summed E-state index contributed by atoms with van der Waals surface area (Å²) in [7, 11) is 0. The lowest BCUT2D eigenvalue weighted by Crippen LogP contribution is -2.22. The van der Waals surface area contributed by atoms with Gasteiger partial charge in [0.1, 0.15) is 13.2 Å². The molecule has 0 saturated carbocycles. The maximum atomic E-state index is 11.9. The minimum absolute atomic E-state index is 0.0673. The van der Waals surface area contributed by atoms with Crippen molar-refractivity contribution in [1.82, 2.24) is 0 Å². The Hall–Kier alpha value is -1.84. The molecule has 22 heavy (non-hydrogen) atoms. The van der Waals surface area contributed by atoms with E-state index in [0.717, 1.165) is 38.2 Å². The number of esters is 2. The van der Waals surface area contributed by atoms with Crippen LogP contribution in [-0.2, 0) is 19.1 Å². The molecule has 0 spiro atoms. The predicted octanol–water partition coefficient (Wildman–Crippen LogP) is 3.73. The molecule has 0 aromatic rings. The van der Waals surface area contributed by atoms with E-state index in [1.807, 2.05) is 0 Å². The van der Waals surface area contributed by atoms with Crippen molar-refractivity contribution in [3.05, 3.63) is 36.0 Å². The van der Waals surface area contributed by atoms with Crippen LogP contribution in [0.2, 0.25) is 0 Å². The predicted molar refractivity (Wildman–Crippen MR) is 86.2 cm³/mol. The van der Waals surface area contributed by atoms with Crippen molar-refractivity contribution in [2.45, 2.75) is 46.0 Å². The topological polar surface area (TPSA) is 52.6 Å². The average Bonchev–Trinajstić information content (AvgIpc) is 2.51. The molecule has 4 nitrogen and oxygen atoms in total. The molecule has 0 heterocycles. The second-order valence-electron chi connectivity index (χ2n) is 5.69. The highest BCUT2D eigenvalue weighted by Crippen LogP contribution is 2.27. The Morgan fingerprint density at radius 1 is 1.32 bits per heavy atom. The molecular weight excluding hydrogens is 280 g/mol. The zero-order chi connectivity index (χ0) is 16.4. The Labute approximate surface area is 132 Å². The molecule has 122 valence electrons. The molecule has 0 aliphatic heterocycles. The fourth-order valence-electron chi connectivity index (χ4n) is 2.34. The quantitative estimate of drug-likeness (QED) is 0.297. The molecule has 1 rings (SSSR count). The van der Waals surface area contributed by atoms with E-state index in [-0.39, 0.29) is 25.1 Å². The Bertz CT molecular complexity index is 456. The first-order chi connectivity index (χ1) is 10.5. The van der Waals surface area contributed by atoms with E-state index < -0.39 is 5.97 Å². The molecule has 0 fully saturated rings. The van der Waals surface area contributed by atoms with Crippen LogP contribution < -0.4 is 0 Å². The molecule has 1 unspecified atom stereocenters. The first kappa shape index (κ1) is 18.2. The van der Waals surface area contributed by atoms with Crippen molar-refractivity contribution >= 4 is 11.9 Å². The zero-order valence-electron chi connectivity index (χ0n) is 13.6. The van der Waals surface area contributed by atoms with Gasteiger partial charge in [0.05, 0.1) is 5.92 Å². The second kappa shape index (κ2) is 9.98. The summed E-state index contributed by atoms with van der Waals surface area (Å²) in [5, 5.41) is 0. The van der Waals surface area contributed by atoms with Crippen molar-refractivity contribution in [2.24, 2.45) is 5.92 Å². The molecule has 1 aliphatic rings. The van der Waals surface area contributed by atoms with Gasteiger partial charge in [0.25, 0.3) is 0 Å². The summed E-state index contributed by atoms with van der Waals surface area (Å²) in [5.74, 6) is -0.769. The lowest BCUT2D eigenvalue weighted by Gasteiger charge is -2.20. The van der Waals surface area contributed by atoms with Crippen molar-refractivity contribution in [2.75, 3.05) is 13.2 Å². The molecule has 1 aliphatic carbocycles. The fraction of sp³-hybridized carbons (Fsp3) is 0.556. The van der Waals surface area contributed by atoms with Gasteiger partial charge in [-0.1, -0.05) is 29.9 Å². The van der Waals surface area contributed by atoms with Crippen LogP contribution >= 0.6 is 0 Å². The molecule has 0 bridgehead atoms. The van der Waals surface area contributed by atoms with Crippen LogP contribution in [0.1, 0.15) is 46.0 Å². The molecular formula is C18H26O4. The molecule has 0 aromatic carbocycles. The van der Waals surface area contributed by atoms with Crippen LogP contribution in [0, 0.1) is 5.92 Å². The number of carbonyl (C=O) groups excluding carboxylic acids is 2. The first-order valence-electron chi connectivity index (χ1n) is 7.80. The molecule has 0 amide bonds. The summed E-state index contributed by atoms with van der Waals surface area (Å²) >= 11 is 0. The van der Waals surface area contributed by atoms with Gasteiger partial charge in [-0.2, -0.15) is 0 Å². The highest BCUT2D eigenvalue weighted by Gasteiger charge is 2.22. The number of hydrogen-bond donors (Lipinski definition) is 0. The summed E-state index contributed by atoms with van der Waals surface area (Å²) in [6, 6.07) is 0. The summed E-state index contributed by atoms with van der Waals surface area (Å²) < 4.78 is 9.89. The summed E-state index contributed by atoms with van der Waals surface area (Å²) in [6.07, 6.45) is 10.2. The molecule has 4 heteroatoms. The normalized spacial score (nSPS) is 17.2. The lowest BCUT2D eigenvalue weighted by atomic mass is 9.88. The third kappa shape index (κ3) is 7.25. The van der Waals surface area contributed by atoms with E-state index in [0.29, 0.717) is 0 Å². The van der Waals surface area contributed by atoms with Crippen LogP contribution in [0.4, 0.5) is 0 Å². The van der Waals surface area contributed by atoms with Gasteiger partial charge in [0.15, 0.2) is 0 Å². The first-order valence-corrected chi connectivity index (χ1v) is 7.80. The molecule has 0 radical (unpaired) electrons. The summed E-state index contributed by atoms with van der Waals surface area (Å²) in [5.41, 5.74) is 2.77. The molecule has 0 N–H and O–H groups in total. The summed E-state index contributed by atoms with van der Waals surface area (Å²) in [6.45, 7) is 7.68. The number of rotatable bonds is 8. The van der Waals surface area contributed by atoms with Gasteiger partial charge in [0, 0.05) is 6.08 Å². The van der Waals surface area contributed by atoms with Gasteiger partial charge in [0.2, 0.25) is 0 Å². The van der Waals surface area contributed by atoms with Crippen molar-refractivity contribution in [1.29, 1.82) is 0 Å². The standard InChI is InChI=1S/C18H26O4/c1-4-17(19)21-12-13-22-18(20)16-10-8-15(9-11-16)7-5-6-14(2)3/h4,6,8,16H,1,5,7,9-13H2,2-3H3. The van der Waals surface area contributed by atoms with E-state index in [1.54, 1.807) is 0 Å². The molecule has 0 saturated heterocycles. The Morgan fingerprint density at radius 2 is 2.05 bits per heavy atom. The van der Waals surface area contributed by atoms with Crippen molar-refractivity contribution < 1.29 is 19.1 Å². The maximum absolute atomic E-state index is 11.9. The lowest BCUT2D eigenvalue weighted by molar-refractivity contribution is -0.153. The Kier molecular flexibility index (Phi) is 8.26. The van der Waals surface area contributed by atoms with Gasteiger partial charge >= 0.3 is 11.9 Å². The summed E-state index contributed by atoms with van der Waals surface area (Å²) in [4.78, 5) is 22.7. The smallest absolute Gasteiger partial charge is 0.330 e. The van der Waals surface area contributed by atoms with Gasteiger partial charge in [-0.05, 0) is 46.0 Å². The van der Waals surface area contributed by atoms with Gasteiger partial charge < -0.3 is 9.47 Å². The van der Waals surface area contributed by atoms with E-state index in [1.165, 1.54) is 11.1 Å². The zero-order valence-corrected chi connectivity index (χ0v) is 13.6. The number of ether oxygens (including phenoxy) is 2. The molecule has 0 aromatic heterocycles. The minimum Gasteiger partial charge on any atom is -0.462 e. The van der Waals surface area contributed by atoms with Crippen molar-refractivity contribution in [3.63, 3.8) is 0 Å². The number of carbonyl (C=O) groups is 2. The molecule has 1 atom stereocenters. The third-order valence-electron chi connectivity index (χ3n) is 3.59. The Morgan fingerprint density at radius 3 is 2.64 bits per heavy atom. The van der Waals surface area contributed by atoms with Gasteiger partial charge in [-0.15, -0.1) is 0 Å². The van der Waals surface area contributed by atoms with Crippen LogP contribution in [-0.4, -0.2) is 25.2 Å². The van der Waals surface area contributed by atoms with E-state index >= 15 is 0 Å². The largest absolute Gasteiger partial charge is 0.462 e. The van der Waals surface area contributed by atoms with Crippen LogP contribution in [0.5, 0.6) is 0 Å². The minimum atomic E-state index is -0.502. The van der Waals surface area contributed by atoms with Crippen LogP contribution in [0.3, 0.4) is 0 Å². The highest BCUT2D eigenvalue weighted by atomic mass is 16.6. The van der Waals surface area contributed by atoms with Gasteiger partial charge in [-0.3, -0.25) is 4.79 Å². The van der Waals surface area contributed by atoms with Crippen LogP contribution in [0.25, 0.3) is 0 Å². The monoisotopic (exact) mass is 306 g/mol. The number of hydrogen-bond acceptors (Lipinski definition) is 4.